The first-order chi connectivity index (χ1) is 17.1. The molecule has 0 amide bonds. The van der Waals surface area contributed by atoms with Gasteiger partial charge in [-0.1, -0.05) is 6.07 Å². The lowest BCUT2D eigenvalue weighted by molar-refractivity contribution is -0.383. The normalized spacial score (nSPS) is 36.8. The zero-order valence-electron chi connectivity index (χ0n) is 19.2. The Morgan fingerprint density at radius 2 is 1.78 bits per heavy atom. The third kappa shape index (κ3) is 5.78. The number of rotatable bonds is 9. The van der Waals surface area contributed by atoms with Crippen LogP contribution in [0.1, 0.15) is 5.56 Å². The third-order valence-corrected chi connectivity index (χ3v) is 5.90. The van der Waals surface area contributed by atoms with Crippen molar-refractivity contribution in [2.45, 2.75) is 54.8 Å². The summed E-state index contributed by atoms with van der Waals surface area (Å²) >= 11 is 0. The molecular weight excluding hydrogens is 488 g/mol. The predicted octanol–water partition coefficient (Wildman–Crippen LogP) is -3.42. The zero-order chi connectivity index (χ0) is 26.6. The molecule has 202 valence electrons. The SMILES string of the molecule is COc1cc(/C=C/C(=O)OC[C@H]2O[C@](CO)(O[C@H]3O[C@@H](CO)[C@@H](O)[C@@H](O)[C@H]3O)[C@@H](O)[C@@H]2O)ccc1O. The number of phenolic OH excluding ortho intramolecular Hbond substituents is 1. The highest BCUT2D eigenvalue weighted by Gasteiger charge is 2.58. The van der Waals surface area contributed by atoms with Crippen LogP contribution in [0.4, 0.5) is 0 Å². The number of carbonyl (C=O) groups excluding carboxylic acids is 1. The monoisotopic (exact) mass is 518 g/mol. The van der Waals surface area contributed by atoms with Gasteiger partial charge in [-0.3, -0.25) is 0 Å². The highest BCUT2D eigenvalue weighted by atomic mass is 16.8. The number of hydrogen-bond acceptors (Lipinski definition) is 14. The summed E-state index contributed by atoms with van der Waals surface area (Å²) in [5.41, 5.74) is 0.515. The summed E-state index contributed by atoms with van der Waals surface area (Å²) in [6.07, 6.45) is -11.0. The Labute approximate surface area is 205 Å². The second-order valence-corrected chi connectivity index (χ2v) is 8.27. The minimum absolute atomic E-state index is 0.0820. The van der Waals surface area contributed by atoms with Gasteiger partial charge in [0.15, 0.2) is 17.8 Å². The molecule has 1 aromatic carbocycles. The molecule has 0 aromatic heterocycles. The minimum atomic E-state index is -2.36. The van der Waals surface area contributed by atoms with Gasteiger partial charge in [-0.05, 0) is 23.8 Å². The quantitative estimate of drug-likeness (QED) is 0.118. The standard InChI is InChI=1S/C22H30O14/c1-32-12-6-10(2-4-11(12)25)3-5-15(26)33-8-14-17(28)20(31)22(9-24,35-14)36-21-19(30)18(29)16(27)13(7-23)34-21/h2-6,13-14,16-21,23-25,27-31H,7-9H2,1H3/b5-3+/t13-,14+,16+,17+,18+,19+,20-,21+,22+/m0/s1. The van der Waals surface area contributed by atoms with Gasteiger partial charge in [0.25, 0.3) is 0 Å². The number of methoxy groups -OCH3 is 1. The Hall–Kier alpha value is -2.37. The van der Waals surface area contributed by atoms with E-state index in [2.05, 4.69) is 0 Å². The van der Waals surface area contributed by atoms with Gasteiger partial charge in [-0.2, -0.15) is 0 Å². The summed E-state index contributed by atoms with van der Waals surface area (Å²) < 4.78 is 26.0. The van der Waals surface area contributed by atoms with Gasteiger partial charge in [0.1, 0.15) is 55.9 Å². The fraction of sp³-hybridized carbons (Fsp3) is 0.591. The van der Waals surface area contributed by atoms with Crippen molar-refractivity contribution in [2.24, 2.45) is 0 Å². The Bertz CT molecular complexity index is 922. The van der Waals surface area contributed by atoms with E-state index in [1.807, 2.05) is 0 Å². The van der Waals surface area contributed by atoms with Crippen molar-refractivity contribution < 1.29 is 69.3 Å². The molecule has 0 spiro atoms. The number of aliphatic hydroxyl groups is 7. The Morgan fingerprint density at radius 3 is 2.42 bits per heavy atom. The molecule has 9 atom stereocenters. The van der Waals surface area contributed by atoms with Crippen LogP contribution in [0.25, 0.3) is 6.08 Å². The summed E-state index contributed by atoms with van der Waals surface area (Å²) in [4.78, 5) is 12.1. The van der Waals surface area contributed by atoms with Crippen molar-refractivity contribution in [3.05, 3.63) is 29.8 Å². The Kier molecular flexibility index (Phi) is 9.23. The Morgan fingerprint density at radius 1 is 1.06 bits per heavy atom. The first-order valence-corrected chi connectivity index (χ1v) is 10.9. The van der Waals surface area contributed by atoms with Gasteiger partial charge in [0.05, 0.1) is 13.7 Å². The maximum absolute atomic E-state index is 12.1. The van der Waals surface area contributed by atoms with Gasteiger partial charge in [0.2, 0.25) is 5.79 Å². The molecule has 14 heteroatoms. The van der Waals surface area contributed by atoms with E-state index in [0.717, 1.165) is 6.08 Å². The van der Waals surface area contributed by atoms with Crippen LogP contribution >= 0.6 is 0 Å². The molecule has 2 aliphatic heterocycles. The fourth-order valence-electron chi connectivity index (χ4n) is 3.79. The van der Waals surface area contributed by atoms with Crippen LogP contribution in [0.5, 0.6) is 11.5 Å². The zero-order valence-corrected chi connectivity index (χ0v) is 19.2. The average Bonchev–Trinajstić information content (AvgIpc) is 3.12. The number of carbonyl (C=O) groups is 1. The van der Waals surface area contributed by atoms with Crippen LogP contribution < -0.4 is 4.74 Å². The summed E-state index contributed by atoms with van der Waals surface area (Å²) in [5, 5.41) is 79.6. The number of aromatic hydroxyl groups is 1. The number of aliphatic hydroxyl groups excluding tert-OH is 7. The molecule has 0 unspecified atom stereocenters. The van der Waals surface area contributed by atoms with Gasteiger partial charge in [-0.25, -0.2) is 4.79 Å². The highest BCUT2D eigenvalue weighted by molar-refractivity contribution is 5.87. The van der Waals surface area contributed by atoms with Crippen LogP contribution in [0, 0.1) is 0 Å². The second-order valence-electron chi connectivity index (χ2n) is 8.27. The fourth-order valence-corrected chi connectivity index (χ4v) is 3.79. The molecule has 36 heavy (non-hydrogen) atoms. The smallest absolute Gasteiger partial charge is 0.330 e. The number of hydrogen-bond donors (Lipinski definition) is 8. The maximum atomic E-state index is 12.1. The van der Waals surface area contributed by atoms with Crippen molar-refractivity contribution >= 4 is 12.0 Å². The van der Waals surface area contributed by atoms with Crippen molar-refractivity contribution in [3.63, 3.8) is 0 Å². The molecule has 0 bridgehead atoms. The summed E-state index contributed by atoms with van der Waals surface area (Å²) in [6.45, 7) is -2.36. The molecule has 0 radical (unpaired) electrons. The van der Waals surface area contributed by atoms with E-state index in [0.29, 0.717) is 5.56 Å². The molecule has 2 heterocycles. The van der Waals surface area contributed by atoms with Crippen molar-refractivity contribution in [1.29, 1.82) is 0 Å². The van der Waals surface area contributed by atoms with E-state index in [9.17, 15) is 45.6 Å². The molecule has 3 rings (SSSR count). The van der Waals surface area contributed by atoms with Crippen LogP contribution in [0.15, 0.2) is 24.3 Å². The number of esters is 1. The van der Waals surface area contributed by atoms with Crippen molar-refractivity contribution in [3.8, 4) is 11.5 Å². The lowest BCUT2D eigenvalue weighted by Crippen LogP contribution is -2.62. The molecule has 14 nitrogen and oxygen atoms in total. The van der Waals surface area contributed by atoms with Crippen LogP contribution in [0.3, 0.4) is 0 Å². The lowest BCUT2D eigenvalue weighted by atomic mass is 9.99. The molecular formula is C22H30O14. The van der Waals surface area contributed by atoms with E-state index < -0.39 is 80.6 Å². The van der Waals surface area contributed by atoms with Crippen LogP contribution in [-0.4, -0.2) is 129 Å². The molecule has 1 aromatic rings. The summed E-state index contributed by atoms with van der Waals surface area (Å²) in [5.74, 6) is -3.09. The van der Waals surface area contributed by atoms with Gasteiger partial charge >= 0.3 is 5.97 Å². The number of phenols is 1. The van der Waals surface area contributed by atoms with E-state index in [1.165, 1.54) is 31.4 Å². The lowest BCUT2D eigenvalue weighted by Gasteiger charge is -2.43. The second kappa shape index (κ2) is 11.8. The van der Waals surface area contributed by atoms with Gasteiger partial charge in [-0.15, -0.1) is 0 Å². The number of benzene rings is 1. The van der Waals surface area contributed by atoms with E-state index >= 15 is 0 Å². The minimum Gasteiger partial charge on any atom is -0.504 e. The van der Waals surface area contributed by atoms with E-state index in [-0.39, 0.29) is 11.5 Å². The summed E-state index contributed by atoms with van der Waals surface area (Å²) in [6, 6.07) is 4.37. The molecule has 8 N–H and O–H groups in total. The first kappa shape index (κ1) is 28.2. The largest absolute Gasteiger partial charge is 0.504 e. The van der Waals surface area contributed by atoms with Crippen molar-refractivity contribution in [1.82, 2.24) is 0 Å². The first-order valence-electron chi connectivity index (χ1n) is 10.9. The van der Waals surface area contributed by atoms with Gasteiger partial charge < -0.3 is 64.5 Å². The molecule has 2 fully saturated rings. The molecule has 0 saturated carbocycles. The van der Waals surface area contributed by atoms with Crippen LogP contribution in [-0.2, 0) is 23.7 Å². The van der Waals surface area contributed by atoms with Crippen molar-refractivity contribution in [2.75, 3.05) is 26.9 Å². The van der Waals surface area contributed by atoms with E-state index in [1.54, 1.807) is 0 Å². The summed E-state index contributed by atoms with van der Waals surface area (Å²) in [7, 11) is 1.37. The molecule has 2 aliphatic rings. The third-order valence-electron chi connectivity index (χ3n) is 5.90. The number of ether oxygens (including phenoxy) is 5. The molecule has 2 saturated heterocycles. The predicted molar refractivity (Wildman–Crippen MR) is 116 cm³/mol. The topological polar surface area (TPSA) is 225 Å². The Balaban J connectivity index is 1.63. The molecule has 0 aliphatic carbocycles. The highest BCUT2D eigenvalue weighted by Crippen LogP contribution is 2.36. The van der Waals surface area contributed by atoms with E-state index in [4.69, 9.17) is 23.7 Å². The maximum Gasteiger partial charge on any atom is 0.330 e. The van der Waals surface area contributed by atoms with Gasteiger partial charge in [0, 0.05) is 6.08 Å². The average molecular weight is 518 g/mol. The van der Waals surface area contributed by atoms with Crippen LogP contribution in [0.2, 0.25) is 0 Å².